The lowest BCUT2D eigenvalue weighted by Gasteiger charge is -2.12. The Morgan fingerprint density at radius 2 is 1.55 bits per heavy atom. The second-order valence-corrected chi connectivity index (χ2v) is 4.51. The molecule has 114 valence electrons. The van der Waals surface area contributed by atoms with Gasteiger partial charge < -0.3 is 19.7 Å². The van der Waals surface area contributed by atoms with Crippen LogP contribution in [0, 0.1) is 0 Å². The largest absolute Gasteiger partial charge is 0.508 e. The maximum Gasteiger partial charge on any atom is 0.328 e. The minimum absolute atomic E-state index is 0.116. The van der Waals surface area contributed by atoms with Crippen LogP contribution < -0.4 is 9.47 Å². The number of aliphatic carboxylic acids is 1. The molecule has 0 heterocycles. The van der Waals surface area contributed by atoms with E-state index in [1.54, 1.807) is 30.3 Å². The Morgan fingerprint density at radius 1 is 0.955 bits per heavy atom. The van der Waals surface area contributed by atoms with Crippen LogP contribution in [0.2, 0.25) is 0 Å². The minimum atomic E-state index is -1.06. The van der Waals surface area contributed by atoms with Crippen molar-refractivity contribution in [1.29, 1.82) is 0 Å². The number of rotatable bonds is 5. The van der Waals surface area contributed by atoms with E-state index in [0.29, 0.717) is 28.2 Å². The number of carbonyl (C=O) groups is 1. The molecule has 0 fully saturated rings. The van der Waals surface area contributed by atoms with Crippen LogP contribution in [0.4, 0.5) is 0 Å². The zero-order valence-electron chi connectivity index (χ0n) is 12.2. The molecule has 0 bridgehead atoms. The van der Waals surface area contributed by atoms with E-state index in [9.17, 15) is 9.90 Å². The van der Waals surface area contributed by atoms with Crippen molar-refractivity contribution < 1.29 is 24.5 Å². The van der Waals surface area contributed by atoms with Crippen LogP contribution in [-0.4, -0.2) is 30.4 Å². The lowest BCUT2D eigenvalue weighted by Crippen LogP contribution is -1.97. The molecule has 0 amide bonds. The van der Waals surface area contributed by atoms with Gasteiger partial charge >= 0.3 is 5.97 Å². The Balaban J connectivity index is 2.55. The number of hydrogen-bond acceptors (Lipinski definition) is 4. The van der Waals surface area contributed by atoms with Gasteiger partial charge in [0, 0.05) is 6.08 Å². The number of phenolic OH excluding ortho intramolecular Hbond substituents is 1. The van der Waals surface area contributed by atoms with Gasteiger partial charge in [-0.1, -0.05) is 18.2 Å². The van der Waals surface area contributed by atoms with Gasteiger partial charge in [-0.05, 0) is 41.0 Å². The Morgan fingerprint density at radius 3 is 2.09 bits per heavy atom. The fraction of sp³-hybridized carbons (Fsp3) is 0.118. The first-order chi connectivity index (χ1) is 10.5. The molecule has 0 saturated carbocycles. The Labute approximate surface area is 128 Å². The van der Waals surface area contributed by atoms with E-state index >= 15 is 0 Å². The SMILES string of the molecule is COc1ccc(/C(=C\C(=O)O)c2ccc(O)cc2)cc1OC. The molecule has 0 saturated heterocycles. The molecule has 0 aromatic heterocycles. The Bertz CT molecular complexity index is 701. The summed E-state index contributed by atoms with van der Waals surface area (Å²) in [6.07, 6.45) is 1.12. The van der Waals surface area contributed by atoms with E-state index in [1.807, 2.05) is 0 Å². The van der Waals surface area contributed by atoms with Crippen molar-refractivity contribution in [2.45, 2.75) is 0 Å². The van der Waals surface area contributed by atoms with Gasteiger partial charge in [0.1, 0.15) is 5.75 Å². The molecule has 0 aliphatic carbocycles. The van der Waals surface area contributed by atoms with E-state index in [2.05, 4.69) is 0 Å². The quantitative estimate of drug-likeness (QED) is 0.830. The van der Waals surface area contributed by atoms with Crippen molar-refractivity contribution in [3.05, 3.63) is 59.7 Å². The monoisotopic (exact) mass is 300 g/mol. The zero-order valence-corrected chi connectivity index (χ0v) is 12.2. The highest BCUT2D eigenvalue weighted by Gasteiger charge is 2.11. The summed E-state index contributed by atoms with van der Waals surface area (Å²) in [5.41, 5.74) is 1.85. The normalized spacial score (nSPS) is 11.1. The predicted molar refractivity (Wildman–Crippen MR) is 82.4 cm³/mol. The van der Waals surface area contributed by atoms with Gasteiger partial charge in [0.15, 0.2) is 11.5 Å². The van der Waals surface area contributed by atoms with E-state index < -0.39 is 5.97 Å². The van der Waals surface area contributed by atoms with Gasteiger partial charge in [0.2, 0.25) is 0 Å². The van der Waals surface area contributed by atoms with Crippen molar-refractivity contribution in [2.75, 3.05) is 14.2 Å². The lowest BCUT2D eigenvalue weighted by molar-refractivity contribution is -0.131. The molecule has 2 aromatic carbocycles. The van der Waals surface area contributed by atoms with E-state index in [1.165, 1.54) is 26.4 Å². The highest BCUT2D eigenvalue weighted by atomic mass is 16.5. The third-order valence-electron chi connectivity index (χ3n) is 3.14. The average Bonchev–Trinajstić information content (AvgIpc) is 2.52. The maximum absolute atomic E-state index is 11.1. The predicted octanol–water partition coefficient (Wildman–Crippen LogP) is 2.93. The van der Waals surface area contributed by atoms with Crippen molar-refractivity contribution >= 4 is 11.5 Å². The smallest absolute Gasteiger partial charge is 0.328 e. The number of carboxylic acids is 1. The zero-order chi connectivity index (χ0) is 16.1. The standard InChI is InChI=1S/C17H16O5/c1-21-15-8-5-12(9-16(15)22-2)14(10-17(19)20)11-3-6-13(18)7-4-11/h3-10,18H,1-2H3,(H,19,20)/b14-10-. The van der Waals surface area contributed by atoms with Crippen LogP contribution >= 0.6 is 0 Å². The van der Waals surface area contributed by atoms with Crippen LogP contribution in [0.1, 0.15) is 11.1 Å². The highest BCUT2D eigenvalue weighted by molar-refractivity contribution is 5.95. The summed E-state index contributed by atoms with van der Waals surface area (Å²) in [5, 5.41) is 18.5. The summed E-state index contributed by atoms with van der Waals surface area (Å²) in [4.78, 5) is 11.1. The molecule has 5 heteroatoms. The number of methoxy groups -OCH3 is 2. The number of ether oxygens (including phenoxy) is 2. The first-order valence-corrected chi connectivity index (χ1v) is 6.51. The number of aromatic hydroxyl groups is 1. The van der Waals surface area contributed by atoms with Crippen LogP contribution in [0.5, 0.6) is 17.2 Å². The van der Waals surface area contributed by atoms with Gasteiger partial charge in [-0.25, -0.2) is 4.79 Å². The van der Waals surface area contributed by atoms with Crippen LogP contribution in [0.3, 0.4) is 0 Å². The van der Waals surface area contributed by atoms with Crippen molar-refractivity contribution in [3.63, 3.8) is 0 Å². The van der Waals surface area contributed by atoms with E-state index in [4.69, 9.17) is 14.6 Å². The van der Waals surface area contributed by atoms with Crippen molar-refractivity contribution in [3.8, 4) is 17.2 Å². The molecule has 2 N–H and O–H groups in total. The van der Waals surface area contributed by atoms with E-state index in [0.717, 1.165) is 6.08 Å². The molecule has 0 radical (unpaired) electrons. The molecule has 2 rings (SSSR count). The minimum Gasteiger partial charge on any atom is -0.508 e. The lowest BCUT2D eigenvalue weighted by atomic mass is 9.97. The molecule has 0 atom stereocenters. The molecule has 2 aromatic rings. The molecule has 0 spiro atoms. The van der Waals surface area contributed by atoms with E-state index in [-0.39, 0.29) is 5.75 Å². The summed E-state index contributed by atoms with van der Waals surface area (Å²) < 4.78 is 10.4. The van der Waals surface area contributed by atoms with Crippen molar-refractivity contribution in [1.82, 2.24) is 0 Å². The summed E-state index contributed by atoms with van der Waals surface area (Å²) >= 11 is 0. The second kappa shape index (κ2) is 6.67. The maximum atomic E-state index is 11.1. The number of benzene rings is 2. The fourth-order valence-electron chi connectivity index (χ4n) is 2.10. The molecular formula is C17H16O5. The van der Waals surface area contributed by atoms with Gasteiger partial charge in [0.05, 0.1) is 14.2 Å². The average molecular weight is 300 g/mol. The summed E-state index contributed by atoms with van der Waals surface area (Å²) in [7, 11) is 3.05. The second-order valence-electron chi connectivity index (χ2n) is 4.51. The molecule has 0 aliphatic heterocycles. The molecule has 22 heavy (non-hydrogen) atoms. The van der Waals surface area contributed by atoms with Gasteiger partial charge in [0.25, 0.3) is 0 Å². The molecule has 5 nitrogen and oxygen atoms in total. The Hall–Kier alpha value is -2.95. The first kappa shape index (κ1) is 15.4. The number of phenols is 1. The van der Waals surface area contributed by atoms with Crippen molar-refractivity contribution in [2.24, 2.45) is 0 Å². The van der Waals surface area contributed by atoms with Gasteiger partial charge in [-0.2, -0.15) is 0 Å². The van der Waals surface area contributed by atoms with Crippen LogP contribution in [-0.2, 0) is 4.79 Å². The number of carboxylic acid groups (broad SMARTS) is 1. The topological polar surface area (TPSA) is 76.0 Å². The third-order valence-corrected chi connectivity index (χ3v) is 3.14. The molecule has 0 unspecified atom stereocenters. The summed E-state index contributed by atoms with van der Waals surface area (Å²) in [6, 6.07) is 11.5. The highest BCUT2D eigenvalue weighted by Crippen LogP contribution is 2.33. The molecular weight excluding hydrogens is 284 g/mol. The first-order valence-electron chi connectivity index (χ1n) is 6.51. The Kier molecular flexibility index (Phi) is 4.68. The fourth-order valence-corrected chi connectivity index (χ4v) is 2.10. The number of hydrogen-bond donors (Lipinski definition) is 2. The third kappa shape index (κ3) is 3.38. The van der Waals surface area contributed by atoms with Gasteiger partial charge in [-0.15, -0.1) is 0 Å². The van der Waals surface area contributed by atoms with Crippen LogP contribution in [0.25, 0.3) is 5.57 Å². The summed E-state index contributed by atoms with van der Waals surface area (Å²) in [6.45, 7) is 0. The van der Waals surface area contributed by atoms with Crippen LogP contribution in [0.15, 0.2) is 48.5 Å². The van der Waals surface area contributed by atoms with Gasteiger partial charge in [-0.3, -0.25) is 0 Å². The molecule has 0 aliphatic rings. The summed E-state index contributed by atoms with van der Waals surface area (Å²) in [5.74, 6) is 0.130.